The molecule has 3 heterocycles. The van der Waals surface area contributed by atoms with E-state index in [-0.39, 0.29) is 6.47 Å². The number of fused-ring (bicyclic) bond motifs is 1. The highest BCUT2D eigenvalue weighted by molar-refractivity contribution is 5.41. The molecule has 26 heavy (non-hydrogen) atoms. The van der Waals surface area contributed by atoms with Gasteiger partial charge >= 0.3 is 0 Å². The van der Waals surface area contributed by atoms with Crippen molar-refractivity contribution < 1.29 is 9.90 Å². The van der Waals surface area contributed by atoms with E-state index in [2.05, 4.69) is 71.1 Å². The van der Waals surface area contributed by atoms with Crippen molar-refractivity contribution in [1.82, 2.24) is 14.3 Å². The third kappa shape index (κ3) is 4.49. The molecule has 0 radical (unpaired) electrons. The maximum absolute atomic E-state index is 8.36. The summed E-state index contributed by atoms with van der Waals surface area (Å²) >= 11 is 0. The number of imidazole rings is 1. The number of likely N-dealkylation sites (tertiary alicyclic amines) is 1. The predicted octanol–water partition coefficient (Wildman–Crippen LogP) is 3.72. The largest absolute Gasteiger partial charge is 0.483 e. The highest BCUT2D eigenvalue weighted by atomic mass is 16.3. The average Bonchev–Trinajstić information content (AvgIpc) is 3.04. The summed E-state index contributed by atoms with van der Waals surface area (Å²) in [5.74, 6) is 0.657. The van der Waals surface area contributed by atoms with Crippen molar-refractivity contribution in [3.05, 3.63) is 71.7 Å². The molecule has 4 rings (SSSR count). The van der Waals surface area contributed by atoms with Gasteiger partial charge in [-0.25, -0.2) is 4.98 Å². The molecule has 1 atom stereocenters. The van der Waals surface area contributed by atoms with Gasteiger partial charge in [0.1, 0.15) is 5.65 Å². The van der Waals surface area contributed by atoms with E-state index in [0.29, 0.717) is 5.92 Å². The van der Waals surface area contributed by atoms with Gasteiger partial charge in [-0.05, 0) is 49.4 Å². The third-order valence-electron chi connectivity index (χ3n) is 4.81. The monoisotopic (exact) mass is 351 g/mol. The standard InChI is InChI=1S/C20H23N3.CH2O2/c1-16-9-10-20-21-19(15-23(20)12-16)14-22-11-5-8-18(13-22)17-6-3-2-4-7-17;2-1-3/h2-4,6-7,9-10,12,15,18H,5,8,11,13-14H2,1H3;1H,(H,2,3). The summed E-state index contributed by atoms with van der Waals surface area (Å²) in [5, 5.41) is 6.89. The Morgan fingerprint density at radius 3 is 2.73 bits per heavy atom. The Bertz CT molecular complexity index is 845. The molecule has 1 saturated heterocycles. The van der Waals surface area contributed by atoms with Crippen molar-refractivity contribution in [3.63, 3.8) is 0 Å². The van der Waals surface area contributed by atoms with Crippen LogP contribution in [0.15, 0.2) is 54.9 Å². The first kappa shape index (κ1) is 18.1. The van der Waals surface area contributed by atoms with Crippen LogP contribution in [0.1, 0.15) is 35.6 Å². The van der Waals surface area contributed by atoms with Crippen LogP contribution < -0.4 is 0 Å². The van der Waals surface area contributed by atoms with E-state index in [9.17, 15) is 0 Å². The van der Waals surface area contributed by atoms with Crippen molar-refractivity contribution in [2.24, 2.45) is 0 Å². The number of rotatable bonds is 3. The number of aromatic nitrogens is 2. The molecule has 1 aliphatic rings. The highest BCUT2D eigenvalue weighted by Crippen LogP contribution is 2.27. The second kappa shape index (κ2) is 8.63. The molecule has 0 amide bonds. The minimum atomic E-state index is -0.250. The van der Waals surface area contributed by atoms with Crippen LogP contribution in [0.3, 0.4) is 0 Å². The first-order valence-electron chi connectivity index (χ1n) is 8.99. The number of carbonyl (C=O) groups is 1. The SMILES string of the molecule is Cc1ccc2nc(CN3CCCC(c4ccccc4)C3)cn2c1.O=CO. The quantitative estimate of drug-likeness (QED) is 0.731. The molecule has 5 nitrogen and oxygen atoms in total. The molecule has 0 saturated carbocycles. The lowest BCUT2D eigenvalue weighted by Crippen LogP contribution is -2.33. The van der Waals surface area contributed by atoms with Gasteiger partial charge in [-0.3, -0.25) is 9.69 Å². The number of pyridine rings is 1. The van der Waals surface area contributed by atoms with Crippen LogP contribution in [0, 0.1) is 6.92 Å². The Balaban J connectivity index is 0.000000613. The Kier molecular flexibility index (Phi) is 6.02. The topological polar surface area (TPSA) is 57.8 Å². The molecule has 1 aromatic carbocycles. The zero-order valence-electron chi connectivity index (χ0n) is 15.1. The van der Waals surface area contributed by atoms with Gasteiger partial charge in [0, 0.05) is 25.5 Å². The lowest BCUT2D eigenvalue weighted by atomic mass is 9.90. The van der Waals surface area contributed by atoms with E-state index in [1.165, 1.54) is 36.2 Å². The van der Waals surface area contributed by atoms with Gasteiger partial charge in [0.15, 0.2) is 0 Å². The summed E-state index contributed by atoms with van der Waals surface area (Å²) in [5.41, 5.74) is 4.96. The fourth-order valence-corrected chi connectivity index (χ4v) is 3.66. The van der Waals surface area contributed by atoms with E-state index in [1.54, 1.807) is 0 Å². The third-order valence-corrected chi connectivity index (χ3v) is 4.81. The predicted molar refractivity (Wildman–Crippen MR) is 102 cm³/mol. The maximum atomic E-state index is 8.36. The van der Waals surface area contributed by atoms with Crippen LogP contribution in [-0.4, -0.2) is 39.0 Å². The number of hydrogen-bond acceptors (Lipinski definition) is 3. The summed E-state index contributed by atoms with van der Waals surface area (Å²) in [6.07, 6.45) is 6.89. The fraction of sp³-hybridized carbons (Fsp3) is 0.333. The maximum Gasteiger partial charge on any atom is 0.290 e. The van der Waals surface area contributed by atoms with Gasteiger partial charge in [-0.1, -0.05) is 36.4 Å². The van der Waals surface area contributed by atoms with Crippen LogP contribution >= 0.6 is 0 Å². The van der Waals surface area contributed by atoms with Crippen LogP contribution in [0.25, 0.3) is 5.65 Å². The normalized spacial score (nSPS) is 17.5. The van der Waals surface area contributed by atoms with Gasteiger partial charge in [-0.2, -0.15) is 0 Å². The molecule has 5 heteroatoms. The molecular weight excluding hydrogens is 326 g/mol. The molecule has 0 bridgehead atoms. The number of nitrogens with zero attached hydrogens (tertiary/aromatic N) is 3. The second-order valence-corrected chi connectivity index (χ2v) is 6.79. The van der Waals surface area contributed by atoms with Crippen molar-refractivity contribution in [2.45, 2.75) is 32.2 Å². The van der Waals surface area contributed by atoms with Crippen molar-refractivity contribution >= 4 is 12.1 Å². The smallest absolute Gasteiger partial charge is 0.290 e. The van der Waals surface area contributed by atoms with Gasteiger partial charge in [0.2, 0.25) is 0 Å². The minimum absolute atomic E-state index is 0.250. The highest BCUT2D eigenvalue weighted by Gasteiger charge is 2.21. The van der Waals surface area contributed by atoms with Gasteiger partial charge in [0.25, 0.3) is 6.47 Å². The molecule has 0 aliphatic carbocycles. The minimum Gasteiger partial charge on any atom is -0.483 e. The molecule has 1 fully saturated rings. The van der Waals surface area contributed by atoms with E-state index < -0.39 is 0 Å². The molecule has 1 unspecified atom stereocenters. The molecule has 2 aromatic heterocycles. The summed E-state index contributed by atoms with van der Waals surface area (Å²) in [7, 11) is 0. The Morgan fingerprint density at radius 1 is 1.19 bits per heavy atom. The first-order chi connectivity index (χ1) is 12.7. The van der Waals surface area contributed by atoms with Crippen molar-refractivity contribution in [3.8, 4) is 0 Å². The fourth-order valence-electron chi connectivity index (χ4n) is 3.66. The van der Waals surface area contributed by atoms with Crippen LogP contribution in [0.2, 0.25) is 0 Å². The number of piperidine rings is 1. The van der Waals surface area contributed by atoms with Crippen LogP contribution in [0.4, 0.5) is 0 Å². The summed E-state index contributed by atoms with van der Waals surface area (Å²) in [6, 6.07) is 15.2. The average molecular weight is 351 g/mol. The summed E-state index contributed by atoms with van der Waals surface area (Å²) < 4.78 is 2.14. The number of hydrogen-bond donors (Lipinski definition) is 1. The molecular formula is C21H25N3O2. The first-order valence-corrected chi connectivity index (χ1v) is 8.99. The zero-order valence-corrected chi connectivity index (χ0v) is 15.1. The van der Waals surface area contributed by atoms with E-state index in [4.69, 9.17) is 14.9 Å². The Morgan fingerprint density at radius 2 is 1.96 bits per heavy atom. The lowest BCUT2D eigenvalue weighted by Gasteiger charge is -2.32. The summed E-state index contributed by atoms with van der Waals surface area (Å²) in [4.78, 5) is 15.7. The van der Waals surface area contributed by atoms with E-state index in [1.807, 2.05) is 0 Å². The zero-order chi connectivity index (χ0) is 18.4. The van der Waals surface area contributed by atoms with E-state index in [0.717, 1.165) is 18.7 Å². The van der Waals surface area contributed by atoms with Gasteiger partial charge < -0.3 is 9.51 Å². The second-order valence-electron chi connectivity index (χ2n) is 6.79. The Labute approximate surface area is 153 Å². The van der Waals surface area contributed by atoms with Crippen molar-refractivity contribution in [1.29, 1.82) is 0 Å². The van der Waals surface area contributed by atoms with Crippen LogP contribution in [0.5, 0.6) is 0 Å². The number of aryl methyl sites for hydroxylation is 1. The van der Waals surface area contributed by atoms with Gasteiger partial charge in [0.05, 0.1) is 5.69 Å². The molecule has 1 N–H and O–H groups in total. The van der Waals surface area contributed by atoms with Gasteiger partial charge in [-0.15, -0.1) is 0 Å². The number of carboxylic acid groups (broad SMARTS) is 1. The lowest BCUT2D eigenvalue weighted by molar-refractivity contribution is -0.122. The van der Waals surface area contributed by atoms with E-state index >= 15 is 0 Å². The molecule has 3 aromatic rings. The van der Waals surface area contributed by atoms with Crippen LogP contribution in [-0.2, 0) is 11.3 Å². The van der Waals surface area contributed by atoms with Crippen molar-refractivity contribution in [2.75, 3.05) is 13.1 Å². The molecule has 0 spiro atoms. The molecule has 1 aliphatic heterocycles. The Hall–Kier alpha value is -2.66. The summed E-state index contributed by atoms with van der Waals surface area (Å²) in [6.45, 7) is 5.13. The number of benzene rings is 1. The molecule has 136 valence electrons.